The third-order valence-electron chi connectivity index (χ3n) is 2.99. The predicted octanol–water partition coefficient (Wildman–Crippen LogP) is 0.956. The molecule has 0 spiro atoms. The molecule has 0 aromatic carbocycles. The van der Waals surface area contributed by atoms with Crippen LogP contribution in [0.25, 0.3) is 0 Å². The van der Waals surface area contributed by atoms with Gasteiger partial charge in [0, 0.05) is 27.3 Å². The molecule has 0 radical (unpaired) electrons. The highest BCUT2D eigenvalue weighted by Crippen LogP contribution is 2.07. The molecule has 16 heavy (non-hydrogen) atoms. The lowest BCUT2D eigenvalue weighted by Crippen LogP contribution is -2.33. The minimum absolute atomic E-state index is 0.646. The van der Waals surface area contributed by atoms with Crippen LogP contribution in [-0.2, 0) is 9.47 Å². The van der Waals surface area contributed by atoms with Gasteiger partial charge in [-0.1, -0.05) is 13.3 Å². The summed E-state index contributed by atoms with van der Waals surface area (Å²) in [7, 11) is 3.48. The van der Waals surface area contributed by atoms with Gasteiger partial charge in [-0.2, -0.15) is 0 Å². The van der Waals surface area contributed by atoms with Gasteiger partial charge in [-0.15, -0.1) is 0 Å². The van der Waals surface area contributed by atoms with Gasteiger partial charge < -0.3 is 15.2 Å². The van der Waals surface area contributed by atoms with Gasteiger partial charge in [0.05, 0.1) is 13.2 Å². The Morgan fingerprint density at radius 1 is 1.06 bits per heavy atom. The molecule has 4 heteroatoms. The standard InChI is InChI=1S/C12H28N2O2/c1-4-12(11-13)5-6-14(7-9-15-2)8-10-16-3/h12H,4-11,13H2,1-3H3. The van der Waals surface area contributed by atoms with Gasteiger partial charge in [0.15, 0.2) is 0 Å². The summed E-state index contributed by atoms with van der Waals surface area (Å²) in [5.41, 5.74) is 5.70. The van der Waals surface area contributed by atoms with Crippen molar-refractivity contribution in [2.45, 2.75) is 19.8 Å². The minimum Gasteiger partial charge on any atom is -0.383 e. The Bertz CT molecular complexity index is 133. The van der Waals surface area contributed by atoms with Crippen molar-refractivity contribution < 1.29 is 9.47 Å². The summed E-state index contributed by atoms with van der Waals surface area (Å²) in [6.45, 7) is 7.58. The Labute approximate surface area is 100 Å². The normalized spacial score (nSPS) is 13.3. The smallest absolute Gasteiger partial charge is 0.0589 e. The van der Waals surface area contributed by atoms with Gasteiger partial charge in [-0.25, -0.2) is 0 Å². The van der Waals surface area contributed by atoms with E-state index in [1.165, 1.54) is 12.8 Å². The van der Waals surface area contributed by atoms with E-state index in [-0.39, 0.29) is 0 Å². The molecule has 0 heterocycles. The zero-order valence-electron chi connectivity index (χ0n) is 11.1. The molecule has 1 atom stereocenters. The van der Waals surface area contributed by atoms with E-state index in [2.05, 4.69) is 11.8 Å². The molecule has 98 valence electrons. The van der Waals surface area contributed by atoms with E-state index in [0.29, 0.717) is 5.92 Å². The van der Waals surface area contributed by atoms with Crippen molar-refractivity contribution in [2.24, 2.45) is 11.7 Å². The molecule has 0 aromatic rings. The number of hydrogen-bond acceptors (Lipinski definition) is 4. The Hall–Kier alpha value is -0.160. The van der Waals surface area contributed by atoms with E-state index >= 15 is 0 Å². The highest BCUT2D eigenvalue weighted by molar-refractivity contribution is 4.63. The van der Waals surface area contributed by atoms with Gasteiger partial charge >= 0.3 is 0 Å². The molecule has 0 bridgehead atoms. The number of methoxy groups -OCH3 is 2. The zero-order chi connectivity index (χ0) is 12.2. The molecule has 0 aliphatic rings. The zero-order valence-corrected chi connectivity index (χ0v) is 11.1. The van der Waals surface area contributed by atoms with Crippen LogP contribution in [0.1, 0.15) is 19.8 Å². The molecule has 0 saturated heterocycles. The lowest BCUT2D eigenvalue weighted by Gasteiger charge is -2.23. The van der Waals surface area contributed by atoms with Crippen molar-refractivity contribution in [1.29, 1.82) is 0 Å². The van der Waals surface area contributed by atoms with Crippen LogP contribution < -0.4 is 5.73 Å². The topological polar surface area (TPSA) is 47.7 Å². The van der Waals surface area contributed by atoms with E-state index in [0.717, 1.165) is 39.4 Å². The molecule has 0 rings (SSSR count). The number of ether oxygens (including phenoxy) is 2. The second-order valence-electron chi connectivity index (χ2n) is 4.13. The van der Waals surface area contributed by atoms with Gasteiger partial charge in [0.2, 0.25) is 0 Å². The van der Waals surface area contributed by atoms with E-state index < -0.39 is 0 Å². The van der Waals surface area contributed by atoms with Crippen molar-refractivity contribution in [3.05, 3.63) is 0 Å². The number of hydrogen-bond donors (Lipinski definition) is 1. The van der Waals surface area contributed by atoms with Gasteiger partial charge in [-0.05, 0) is 25.4 Å². The quantitative estimate of drug-likeness (QED) is 0.576. The fourth-order valence-corrected chi connectivity index (χ4v) is 1.63. The maximum absolute atomic E-state index is 5.70. The van der Waals surface area contributed by atoms with Gasteiger partial charge in [-0.3, -0.25) is 4.90 Å². The van der Waals surface area contributed by atoms with Crippen LogP contribution in [0.5, 0.6) is 0 Å². The molecule has 4 nitrogen and oxygen atoms in total. The minimum atomic E-state index is 0.646. The van der Waals surface area contributed by atoms with E-state index in [1.54, 1.807) is 14.2 Å². The van der Waals surface area contributed by atoms with Crippen LogP contribution in [0.15, 0.2) is 0 Å². The Balaban J connectivity index is 3.79. The SMILES string of the molecule is CCC(CN)CCN(CCOC)CCOC. The summed E-state index contributed by atoms with van der Waals surface area (Å²) in [5.74, 6) is 0.646. The molecule has 0 amide bonds. The van der Waals surface area contributed by atoms with E-state index in [9.17, 15) is 0 Å². The molecule has 0 aromatic heterocycles. The summed E-state index contributed by atoms with van der Waals surface area (Å²) >= 11 is 0. The van der Waals surface area contributed by atoms with Crippen LogP contribution in [0.3, 0.4) is 0 Å². The predicted molar refractivity (Wildman–Crippen MR) is 67.6 cm³/mol. The lowest BCUT2D eigenvalue weighted by molar-refractivity contribution is 0.110. The Morgan fingerprint density at radius 2 is 1.62 bits per heavy atom. The van der Waals surface area contributed by atoms with Crippen LogP contribution in [0.4, 0.5) is 0 Å². The molecular formula is C12H28N2O2. The van der Waals surface area contributed by atoms with Crippen molar-refractivity contribution in [3.63, 3.8) is 0 Å². The summed E-state index contributed by atoms with van der Waals surface area (Å²) in [5, 5.41) is 0. The first kappa shape index (κ1) is 15.8. The van der Waals surface area contributed by atoms with E-state index in [1.807, 2.05) is 0 Å². The van der Waals surface area contributed by atoms with Crippen molar-refractivity contribution in [3.8, 4) is 0 Å². The molecule has 0 saturated carbocycles. The molecule has 0 aliphatic carbocycles. The first-order valence-electron chi connectivity index (χ1n) is 6.18. The van der Waals surface area contributed by atoms with Gasteiger partial charge in [0.25, 0.3) is 0 Å². The van der Waals surface area contributed by atoms with Crippen LogP contribution in [-0.4, -0.2) is 58.5 Å². The number of nitrogens with zero attached hydrogens (tertiary/aromatic N) is 1. The number of nitrogens with two attached hydrogens (primary N) is 1. The third kappa shape index (κ3) is 8.05. The average molecular weight is 232 g/mol. The fourth-order valence-electron chi connectivity index (χ4n) is 1.63. The highest BCUT2D eigenvalue weighted by Gasteiger charge is 2.08. The summed E-state index contributed by atoms with van der Waals surface area (Å²) in [6, 6.07) is 0. The maximum atomic E-state index is 5.70. The van der Waals surface area contributed by atoms with Crippen LogP contribution >= 0.6 is 0 Å². The third-order valence-corrected chi connectivity index (χ3v) is 2.99. The van der Waals surface area contributed by atoms with Crippen molar-refractivity contribution >= 4 is 0 Å². The largest absolute Gasteiger partial charge is 0.383 e. The monoisotopic (exact) mass is 232 g/mol. The fraction of sp³-hybridized carbons (Fsp3) is 1.00. The van der Waals surface area contributed by atoms with Gasteiger partial charge in [0.1, 0.15) is 0 Å². The van der Waals surface area contributed by atoms with Crippen LogP contribution in [0, 0.1) is 5.92 Å². The maximum Gasteiger partial charge on any atom is 0.0589 e. The second kappa shape index (κ2) is 11.3. The lowest BCUT2D eigenvalue weighted by atomic mass is 10.0. The molecule has 1 unspecified atom stereocenters. The molecular weight excluding hydrogens is 204 g/mol. The second-order valence-corrected chi connectivity index (χ2v) is 4.13. The van der Waals surface area contributed by atoms with E-state index in [4.69, 9.17) is 15.2 Å². The molecule has 0 fully saturated rings. The highest BCUT2D eigenvalue weighted by atomic mass is 16.5. The first-order chi connectivity index (χ1) is 7.78. The average Bonchev–Trinajstić information content (AvgIpc) is 2.32. The summed E-state index contributed by atoms with van der Waals surface area (Å²) in [4.78, 5) is 2.38. The molecule has 0 aliphatic heterocycles. The number of rotatable bonds is 11. The van der Waals surface area contributed by atoms with Crippen molar-refractivity contribution in [1.82, 2.24) is 4.90 Å². The van der Waals surface area contributed by atoms with Crippen LogP contribution in [0.2, 0.25) is 0 Å². The summed E-state index contributed by atoms with van der Waals surface area (Å²) < 4.78 is 10.2. The summed E-state index contributed by atoms with van der Waals surface area (Å²) in [6.07, 6.45) is 2.33. The van der Waals surface area contributed by atoms with Crippen molar-refractivity contribution in [2.75, 3.05) is 53.6 Å². The first-order valence-corrected chi connectivity index (χ1v) is 6.18. The Morgan fingerprint density at radius 3 is 2.00 bits per heavy atom. The molecule has 2 N–H and O–H groups in total. The Kier molecular flexibility index (Phi) is 11.2.